The minimum Gasteiger partial charge on any atom is -0.465 e. The second-order valence-electron chi connectivity index (χ2n) is 5.83. The van der Waals surface area contributed by atoms with Gasteiger partial charge in [0.05, 0.1) is 19.2 Å². The van der Waals surface area contributed by atoms with E-state index in [2.05, 4.69) is 12.2 Å². The van der Waals surface area contributed by atoms with E-state index in [9.17, 15) is 9.59 Å². The molecule has 1 atom stereocenters. The van der Waals surface area contributed by atoms with Crippen LogP contribution in [0.4, 0.5) is 5.00 Å². The van der Waals surface area contributed by atoms with Gasteiger partial charge in [-0.15, -0.1) is 11.3 Å². The smallest absolute Gasteiger partial charge is 0.341 e. The average Bonchev–Trinajstić information content (AvgIpc) is 2.73. The van der Waals surface area contributed by atoms with Crippen LogP contribution in [0.3, 0.4) is 0 Å². The molecule has 0 radical (unpaired) electrons. The summed E-state index contributed by atoms with van der Waals surface area (Å²) in [5.74, 6) is 0.144. The zero-order valence-electron chi connectivity index (χ0n) is 13.0. The van der Waals surface area contributed by atoms with Crippen LogP contribution in [0, 0.1) is 5.92 Å². The number of esters is 1. The molecule has 1 amide bonds. The van der Waals surface area contributed by atoms with Crippen molar-refractivity contribution in [3.8, 4) is 0 Å². The summed E-state index contributed by atoms with van der Waals surface area (Å²) in [7, 11) is 5.05. The lowest BCUT2D eigenvalue weighted by atomic mass is 9.88. The van der Waals surface area contributed by atoms with E-state index in [4.69, 9.17) is 4.74 Å². The van der Waals surface area contributed by atoms with Crippen molar-refractivity contribution in [2.75, 3.05) is 33.1 Å². The van der Waals surface area contributed by atoms with Gasteiger partial charge in [-0.2, -0.15) is 0 Å². The van der Waals surface area contributed by atoms with Crippen LogP contribution in [0.15, 0.2) is 0 Å². The van der Waals surface area contributed by atoms with Gasteiger partial charge in [0.1, 0.15) is 5.00 Å². The number of methoxy groups -OCH3 is 1. The summed E-state index contributed by atoms with van der Waals surface area (Å²) < 4.78 is 4.90. The van der Waals surface area contributed by atoms with E-state index in [1.165, 1.54) is 23.3 Å². The number of carbonyl (C=O) groups is 2. The van der Waals surface area contributed by atoms with E-state index in [0.29, 0.717) is 23.0 Å². The van der Waals surface area contributed by atoms with E-state index < -0.39 is 0 Å². The molecule has 0 fully saturated rings. The van der Waals surface area contributed by atoms with Crippen molar-refractivity contribution < 1.29 is 14.3 Å². The molecule has 1 N–H and O–H groups in total. The molecule has 1 heterocycles. The van der Waals surface area contributed by atoms with Crippen LogP contribution in [0.1, 0.15) is 34.1 Å². The van der Waals surface area contributed by atoms with Crippen LogP contribution in [0.5, 0.6) is 0 Å². The van der Waals surface area contributed by atoms with E-state index >= 15 is 0 Å². The van der Waals surface area contributed by atoms with Gasteiger partial charge in [0, 0.05) is 4.88 Å². The summed E-state index contributed by atoms with van der Waals surface area (Å²) in [5, 5.41) is 3.50. The van der Waals surface area contributed by atoms with Gasteiger partial charge in [-0.25, -0.2) is 4.79 Å². The summed E-state index contributed by atoms with van der Waals surface area (Å²) in [6.07, 6.45) is 2.91. The normalized spacial score (nSPS) is 17.5. The van der Waals surface area contributed by atoms with Crippen LogP contribution in [-0.2, 0) is 22.4 Å². The molecule has 21 heavy (non-hydrogen) atoms. The van der Waals surface area contributed by atoms with Gasteiger partial charge in [0.2, 0.25) is 5.91 Å². The number of carbonyl (C=O) groups excluding carboxylic acids is 2. The lowest BCUT2D eigenvalue weighted by molar-refractivity contribution is -0.116. The van der Waals surface area contributed by atoms with Gasteiger partial charge in [-0.05, 0) is 44.8 Å². The first-order valence-electron chi connectivity index (χ1n) is 7.09. The maximum atomic E-state index is 12.1. The van der Waals surface area contributed by atoms with Gasteiger partial charge >= 0.3 is 5.97 Å². The maximum absolute atomic E-state index is 12.1. The molecule has 0 bridgehead atoms. The number of thiophene rings is 1. The minimum absolute atomic E-state index is 0.114. The van der Waals surface area contributed by atoms with Crippen LogP contribution >= 0.6 is 11.3 Å². The monoisotopic (exact) mass is 310 g/mol. The maximum Gasteiger partial charge on any atom is 0.341 e. The quantitative estimate of drug-likeness (QED) is 0.866. The Bertz CT molecular complexity index is 551. The van der Waals surface area contributed by atoms with Crippen LogP contribution in [-0.4, -0.2) is 44.5 Å². The molecule has 2 rings (SSSR count). The fraction of sp³-hybridized carbons (Fsp3) is 0.600. The molecular weight excluding hydrogens is 288 g/mol. The summed E-state index contributed by atoms with van der Waals surface area (Å²) >= 11 is 1.51. The molecule has 0 saturated carbocycles. The summed E-state index contributed by atoms with van der Waals surface area (Å²) in [5.41, 5.74) is 1.61. The number of likely N-dealkylation sites (N-methyl/N-ethyl adjacent to an activating group) is 1. The molecule has 1 aromatic rings. The molecule has 1 unspecified atom stereocenters. The highest BCUT2D eigenvalue weighted by molar-refractivity contribution is 7.17. The molecule has 0 aromatic carbocycles. The van der Waals surface area contributed by atoms with Crippen LogP contribution in [0.2, 0.25) is 0 Å². The Morgan fingerprint density at radius 2 is 2.14 bits per heavy atom. The molecule has 0 saturated heterocycles. The van der Waals surface area contributed by atoms with Gasteiger partial charge in [0.15, 0.2) is 0 Å². The Balaban J connectivity index is 2.31. The first kappa shape index (κ1) is 16.0. The SMILES string of the molecule is COC(=O)c1c(NC(=O)CN(C)C)sc2c1CCC(C)C2. The van der Waals surface area contributed by atoms with E-state index in [1.54, 1.807) is 4.90 Å². The number of rotatable bonds is 4. The number of nitrogens with one attached hydrogen (secondary N) is 1. The summed E-state index contributed by atoms with van der Waals surface area (Å²) in [6.45, 7) is 2.50. The van der Waals surface area contributed by atoms with Crippen molar-refractivity contribution >= 4 is 28.2 Å². The first-order valence-corrected chi connectivity index (χ1v) is 7.91. The fourth-order valence-electron chi connectivity index (χ4n) is 2.61. The third-order valence-electron chi connectivity index (χ3n) is 3.61. The van der Waals surface area contributed by atoms with Crippen LogP contribution < -0.4 is 5.32 Å². The van der Waals surface area contributed by atoms with E-state index in [-0.39, 0.29) is 11.9 Å². The molecule has 1 aromatic heterocycles. The molecule has 0 spiro atoms. The van der Waals surface area contributed by atoms with Crippen molar-refractivity contribution in [1.82, 2.24) is 4.90 Å². The first-order chi connectivity index (χ1) is 9.92. The largest absolute Gasteiger partial charge is 0.465 e. The third kappa shape index (κ3) is 3.63. The van der Waals surface area contributed by atoms with Gasteiger partial charge in [-0.3, -0.25) is 4.79 Å². The van der Waals surface area contributed by atoms with Crippen molar-refractivity contribution in [3.63, 3.8) is 0 Å². The third-order valence-corrected chi connectivity index (χ3v) is 4.78. The molecule has 5 nitrogen and oxygen atoms in total. The van der Waals surface area contributed by atoms with E-state index in [1.807, 2.05) is 14.1 Å². The average molecular weight is 310 g/mol. The summed E-state index contributed by atoms with van der Waals surface area (Å²) in [4.78, 5) is 27.0. The fourth-order valence-corrected chi connectivity index (χ4v) is 4.03. The van der Waals surface area contributed by atoms with E-state index in [0.717, 1.165) is 24.8 Å². The zero-order chi connectivity index (χ0) is 15.6. The number of ether oxygens (including phenoxy) is 1. The van der Waals surface area contributed by atoms with Gasteiger partial charge < -0.3 is 15.0 Å². The molecule has 1 aliphatic carbocycles. The lowest BCUT2D eigenvalue weighted by Crippen LogP contribution is -2.27. The Hall–Kier alpha value is -1.40. The molecule has 116 valence electrons. The van der Waals surface area contributed by atoms with Crippen molar-refractivity contribution in [1.29, 1.82) is 0 Å². The van der Waals surface area contributed by atoms with Crippen molar-refractivity contribution in [2.45, 2.75) is 26.2 Å². The molecular formula is C15H22N2O3S. The molecule has 1 aliphatic rings. The number of hydrogen-bond donors (Lipinski definition) is 1. The Labute approximate surface area is 129 Å². The number of hydrogen-bond acceptors (Lipinski definition) is 5. The zero-order valence-corrected chi connectivity index (χ0v) is 13.8. The Kier molecular flexibility index (Phi) is 5.00. The molecule has 6 heteroatoms. The lowest BCUT2D eigenvalue weighted by Gasteiger charge is -2.18. The van der Waals surface area contributed by atoms with Crippen molar-refractivity contribution in [2.24, 2.45) is 5.92 Å². The predicted molar refractivity (Wildman–Crippen MR) is 84.0 cm³/mol. The van der Waals surface area contributed by atoms with Gasteiger partial charge in [0.25, 0.3) is 0 Å². The Morgan fingerprint density at radius 1 is 1.43 bits per heavy atom. The topological polar surface area (TPSA) is 58.6 Å². The number of nitrogens with zero attached hydrogens (tertiary/aromatic N) is 1. The van der Waals surface area contributed by atoms with Crippen molar-refractivity contribution in [3.05, 3.63) is 16.0 Å². The highest BCUT2D eigenvalue weighted by Crippen LogP contribution is 2.39. The summed E-state index contributed by atoms with van der Waals surface area (Å²) in [6, 6.07) is 0. The number of fused-ring (bicyclic) bond motifs is 1. The second-order valence-corrected chi connectivity index (χ2v) is 6.94. The Morgan fingerprint density at radius 3 is 2.76 bits per heavy atom. The minimum atomic E-state index is -0.359. The number of amides is 1. The van der Waals surface area contributed by atoms with Gasteiger partial charge in [-0.1, -0.05) is 6.92 Å². The highest BCUT2D eigenvalue weighted by Gasteiger charge is 2.28. The second kappa shape index (κ2) is 6.58. The van der Waals surface area contributed by atoms with Crippen LogP contribution in [0.25, 0.3) is 0 Å². The predicted octanol–water partition coefficient (Wildman–Crippen LogP) is 2.16. The molecule has 0 aliphatic heterocycles. The standard InChI is InChI=1S/C15H22N2O3S/c1-9-5-6-10-11(7-9)21-14(13(10)15(19)20-4)16-12(18)8-17(2)3/h9H,5-8H2,1-4H3,(H,16,18). The number of anilines is 1. The highest BCUT2D eigenvalue weighted by atomic mass is 32.1.